The minimum absolute atomic E-state index is 0.0998. The van der Waals surface area contributed by atoms with Crippen LogP contribution in [0.5, 0.6) is 5.75 Å². The number of nitrogens with one attached hydrogen (secondary N) is 1. The van der Waals surface area contributed by atoms with E-state index in [1.54, 1.807) is 18.2 Å². The molecule has 4 amide bonds. The Morgan fingerprint density at radius 3 is 2.21 bits per heavy atom. The van der Waals surface area contributed by atoms with Crippen molar-refractivity contribution in [3.8, 4) is 5.75 Å². The van der Waals surface area contributed by atoms with E-state index in [0.717, 1.165) is 56.4 Å². The quantitative estimate of drug-likeness (QED) is 0.304. The van der Waals surface area contributed by atoms with Gasteiger partial charge in [-0.1, -0.05) is 44.6 Å². The predicted molar refractivity (Wildman–Crippen MR) is 147 cm³/mol. The molecule has 2 saturated heterocycles. The maximum absolute atomic E-state index is 13.2. The normalized spacial score (nSPS) is 22.7. The number of piperidine rings is 1. The zero-order chi connectivity index (χ0) is 27.2. The first kappa shape index (κ1) is 27.8. The van der Waals surface area contributed by atoms with Crippen LogP contribution in [0.4, 0.5) is 0 Å². The zero-order valence-electron chi connectivity index (χ0n) is 23.0. The summed E-state index contributed by atoms with van der Waals surface area (Å²) in [7, 11) is 0. The number of fused-ring (bicyclic) bond motifs is 1. The molecule has 3 heterocycles. The Morgan fingerprint density at radius 2 is 1.54 bits per heavy atom. The van der Waals surface area contributed by atoms with Crippen LogP contribution in [-0.4, -0.2) is 90.2 Å². The van der Waals surface area contributed by atoms with Gasteiger partial charge in [-0.15, -0.1) is 0 Å². The van der Waals surface area contributed by atoms with E-state index >= 15 is 0 Å². The molecule has 5 rings (SSSR count). The fourth-order valence-corrected chi connectivity index (χ4v) is 6.19. The number of piperazine rings is 1. The molecule has 212 valence electrons. The fourth-order valence-electron chi connectivity index (χ4n) is 6.19. The first-order chi connectivity index (χ1) is 19.0. The van der Waals surface area contributed by atoms with Crippen LogP contribution in [-0.2, 0) is 9.59 Å². The molecule has 1 atom stereocenters. The van der Waals surface area contributed by atoms with Crippen LogP contribution in [0.2, 0.25) is 0 Å². The highest BCUT2D eigenvalue weighted by atomic mass is 16.5. The smallest absolute Gasteiger partial charge is 0.266 e. The van der Waals surface area contributed by atoms with Gasteiger partial charge in [-0.3, -0.25) is 29.4 Å². The van der Waals surface area contributed by atoms with Crippen LogP contribution in [0.25, 0.3) is 0 Å². The molecular weight excluding hydrogens is 496 g/mol. The van der Waals surface area contributed by atoms with Gasteiger partial charge in [0.2, 0.25) is 11.8 Å². The number of imide groups is 2. The molecule has 0 bridgehead atoms. The molecule has 1 aliphatic carbocycles. The molecule has 1 saturated carbocycles. The Kier molecular flexibility index (Phi) is 9.29. The van der Waals surface area contributed by atoms with Gasteiger partial charge in [0.1, 0.15) is 11.8 Å². The minimum atomic E-state index is -0.972. The highest BCUT2D eigenvalue weighted by Crippen LogP contribution is 2.34. The lowest BCUT2D eigenvalue weighted by Gasteiger charge is -2.34. The van der Waals surface area contributed by atoms with E-state index in [0.29, 0.717) is 12.4 Å². The second-order valence-electron chi connectivity index (χ2n) is 11.5. The summed E-state index contributed by atoms with van der Waals surface area (Å²) in [5, 5.41) is 2.22. The summed E-state index contributed by atoms with van der Waals surface area (Å²) >= 11 is 0. The Morgan fingerprint density at radius 1 is 0.821 bits per heavy atom. The van der Waals surface area contributed by atoms with Gasteiger partial charge < -0.3 is 14.5 Å². The first-order valence-electron chi connectivity index (χ1n) is 14.9. The summed E-state index contributed by atoms with van der Waals surface area (Å²) in [5.41, 5.74) is 0.463. The van der Waals surface area contributed by atoms with E-state index < -0.39 is 23.8 Å². The van der Waals surface area contributed by atoms with Gasteiger partial charge in [0.15, 0.2) is 0 Å². The summed E-state index contributed by atoms with van der Waals surface area (Å²) in [6, 6.07) is 4.01. The van der Waals surface area contributed by atoms with Crippen molar-refractivity contribution in [2.24, 2.45) is 5.92 Å². The molecule has 1 N–H and O–H groups in total. The molecule has 3 fully saturated rings. The zero-order valence-corrected chi connectivity index (χ0v) is 23.0. The van der Waals surface area contributed by atoms with Gasteiger partial charge in [0, 0.05) is 32.6 Å². The van der Waals surface area contributed by atoms with E-state index in [9.17, 15) is 19.2 Å². The third-order valence-corrected chi connectivity index (χ3v) is 8.83. The Labute approximate surface area is 231 Å². The molecular formula is C30H42N4O5. The lowest BCUT2D eigenvalue weighted by atomic mass is 9.82. The molecule has 3 aliphatic heterocycles. The van der Waals surface area contributed by atoms with Crippen molar-refractivity contribution in [2.45, 2.75) is 76.7 Å². The van der Waals surface area contributed by atoms with Crippen LogP contribution in [0.3, 0.4) is 0 Å². The van der Waals surface area contributed by atoms with Crippen LogP contribution in [0.1, 0.15) is 91.3 Å². The lowest BCUT2D eigenvalue weighted by Crippen LogP contribution is -2.54. The van der Waals surface area contributed by atoms with E-state index in [-0.39, 0.29) is 29.9 Å². The number of carbonyl (C=O) groups excluding carboxylic acids is 4. The van der Waals surface area contributed by atoms with E-state index in [1.807, 2.05) is 0 Å². The molecule has 0 spiro atoms. The maximum Gasteiger partial charge on any atom is 0.266 e. The summed E-state index contributed by atoms with van der Waals surface area (Å²) in [6.45, 7) is 7.24. The van der Waals surface area contributed by atoms with Crippen LogP contribution >= 0.6 is 0 Å². The number of amides is 4. The largest absolute Gasteiger partial charge is 0.493 e. The molecule has 39 heavy (non-hydrogen) atoms. The van der Waals surface area contributed by atoms with Crippen LogP contribution in [0, 0.1) is 5.92 Å². The SMILES string of the molecule is O=C1CCC(N2C(=O)c3cccc(OCCCCN4CCN(CCCCCC5CCC5)CC4)c3C2=O)C(=O)N1. The van der Waals surface area contributed by atoms with Crippen molar-refractivity contribution in [3.63, 3.8) is 0 Å². The lowest BCUT2D eigenvalue weighted by molar-refractivity contribution is -0.136. The van der Waals surface area contributed by atoms with Gasteiger partial charge in [0.25, 0.3) is 11.8 Å². The van der Waals surface area contributed by atoms with Gasteiger partial charge in [0.05, 0.1) is 17.7 Å². The molecule has 1 aromatic carbocycles. The van der Waals surface area contributed by atoms with Crippen molar-refractivity contribution in [3.05, 3.63) is 29.3 Å². The third kappa shape index (κ3) is 6.69. The minimum Gasteiger partial charge on any atom is -0.493 e. The Bertz CT molecular complexity index is 1060. The topological polar surface area (TPSA) is 99.3 Å². The average Bonchev–Trinajstić information content (AvgIpc) is 3.16. The monoisotopic (exact) mass is 538 g/mol. The number of nitrogens with zero attached hydrogens (tertiary/aromatic N) is 3. The molecule has 1 unspecified atom stereocenters. The van der Waals surface area contributed by atoms with Gasteiger partial charge in [-0.2, -0.15) is 0 Å². The van der Waals surface area contributed by atoms with E-state index in [2.05, 4.69) is 15.1 Å². The molecule has 0 aromatic heterocycles. The van der Waals surface area contributed by atoms with Gasteiger partial charge >= 0.3 is 0 Å². The molecule has 0 radical (unpaired) electrons. The molecule has 9 heteroatoms. The van der Waals surface area contributed by atoms with Crippen molar-refractivity contribution >= 4 is 23.6 Å². The van der Waals surface area contributed by atoms with Crippen molar-refractivity contribution in [2.75, 3.05) is 45.9 Å². The van der Waals surface area contributed by atoms with Crippen molar-refractivity contribution in [1.82, 2.24) is 20.0 Å². The summed E-state index contributed by atoms with van der Waals surface area (Å²) in [5.74, 6) is -0.623. The predicted octanol–water partition coefficient (Wildman–Crippen LogP) is 3.22. The number of hydrogen-bond acceptors (Lipinski definition) is 7. The van der Waals surface area contributed by atoms with Crippen LogP contribution in [0.15, 0.2) is 18.2 Å². The Hall–Kier alpha value is -2.78. The number of unbranched alkanes of at least 4 members (excludes halogenated alkanes) is 3. The number of hydrogen-bond donors (Lipinski definition) is 1. The number of benzene rings is 1. The second kappa shape index (κ2) is 13.0. The summed E-state index contributed by atoms with van der Waals surface area (Å²) in [6.07, 6.45) is 12.0. The third-order valence-electron chi connectivity index (χ3n) is 8.83. The maximum atomic E-state index is 13.2. The van der Waals surface area contributed by atoms with Crippen LogP contribution < -0.4 is 10.1 Å². The average molecular weight is 539 g/mol. The number of ether oxygens (including phenoxy) is 1. The highest BCUT2D eigenvalue weighted by molar-refractivity contribution is 6.24. The Balaban J connectivity index is 0.996. The number of rotatable bonds is 13. The van der Waals surface area contributed by atoms with Crippen molar-refractivity contribution < 1.29 is 23.9 Å². The fraction of sp³-hybridized carbons (Fsp3) is 0.667. The van der Waals surface area contributed by atoms with Gasteiger partial charge in [-0.05, 0) is 56.8 Å². The first-order valence-corrected chi connectivity index (χ1v) is 14.9. The van der Waals surface area contributed by atoms with E-state index in [1.165, 1.54) is 51.5 Å². The standard InChI is InChI=1S/C30H42N4O5/c35-26-14-13-24(28(36)31-26)34-29(37)23-11-7-12-25(27(23)30(34)38)39-21-5-4-16-33-19-17-32(18-20-33)15-3-1-2-8-22-9-6-10-22/h7,11-12,22,24H,1-6,8-10,13-21H2,(H,31,35,36). The number of carbonyl (C=O) groups is 4. The second-order valence-corrected chi connectivity index (χ2v) is 11.5. The van der Waals surface area contributed by atoms with Gasteiger partial charge in [-0.25, -0.2) is 0 Å². The van der Waals surface area contributed by atoms with E-state index in [4.69, 9.17) is 4.74 Å². The van der Waals surface area contributed by atoms with Crippen molar-refractivity contribution in [1.29, 1.82) is 0 Å². The molecule has 9 nitrogen and oxygen atoms in total. The molecule has 1 aromatic rings. The molecule has 4 aliphatic rings. The summed E-state index contributed by atoms with van der Waals surface area (Å²) in [4.78, 5) is 56.0. The summed E-state index contributed by atoms with van der Waals surface area (Å²) < 4.78 is 5.96. The highest BCUT2D eigenvalue weighted by Gasteiger charge is 2.46.